The van der Waals surface area contributed by atoms with Crippen molar-refractivity contribution in [2.24, 2.45) is 0 Å². The molecule has 0 radical (unpaired) electrons. The van der Waals surface area contributed by atoms with Gasteiger partial charge in [-0.15, -0.1) is 0 Å². The molecule has 0 spiro atoms. The van der Waals surface area contributed by atoms with Gasteiger partial charge in [-0.05, 0) is 51.4 Å². The molecule has 274 valence electrons. The lowest BCUT2D eigenvalue weighted by Crippen LogP contribution is -2.14. The zero-order valence-corrected chi connectivity index (χ0v) is 32.3. The summed E-state index contributed by atoms with van der Waals surface area (Å²) in [6.07, 6.45) is 0. The summed E-state index contributed by atoms with van der Waals surface area (Å²) in [6.45, 7) is 4.64. The van der Waals surface area contributed by atoms with Crippen LogP contribution in [0.5, 0.6) is 0 Å². The lowest BCUT2D eigenvalue weighted by Gasteiger charge is -2.22. The van der Waals surface area contributed by atoms with Gasteiger partial charge in [0.1, 0.15) is 5.69 Å². The van der Waals surface area contributed by atoms with E-state index in [4.69, 9.17) is 15.1 Å². The van der Waals surface area contributed by atoms with Gasteiger partial charge in [0, 0.05) is 44.2 Å². The van der Waals surface area contributed by atoms with Gasteiger partial charge in [0.05, 0.1) is 22.6 Å². The second-order valence-electron chi connectivity index (χ2n) is 15.7. The van der Waals surface area contributed by atoms with E-state index in [0.717, 1.165) is 72.6 Å². The SMILES string of the molecule is CC1(C)c2ccccc2-c2ccc(-c3cc(-c4ccccc4)nc(-c4ccc(-c5nn6c(-c7ccccc7)cc7ccccc7c6c5-c5ccccc5)cc4)n3)cc21. The molecular weight excluding hydrogens is 705 g/mol. The summed E-state index contributed by atoms with van der Waals surface area (Å²) in [5, 5.41) is 7.77. The van der Waals surface area contributed by atoms with E-state index in [0.29, 0.717) is 5.82 Å². The van der Waals surface area contributed by atoms with Crippen molar-refractivity contribution in [3.05, 3.63) is 205 Å². The molecule has 3 aromatic heterocycles. The molecule has 10 aromatic rings. The number of pyridine rings is 1. The lowest BCUT2D eigenvalue weighted by molar-refractivity contribution is 0.660. The third kappa shape index (κ3) is 5.48. The number of aromatic nitrogens is 4. The first-order valence-electron chi connectivity index (χ1n) is 19.9. The van der Waals surface area contributed by atoms with E-state index in [1.165, 1.54) is 27.6 Å². The Labute approximate surface area is 337 Å². The molecule has 0 saturated carbocycles. The summed E-state index contributed by atoms with van der Waals surface area (Å²) in [7, 11) is 0. The van der Waals surface area contributed by atoms with Crippen molar-refractivity contribution in [2.45, 2.75) is 19.3 Å². The van der Waals surface area contributed by atoms with Crippen LogP contribution in [0.3, 0.4) is 0 Å². The van der Waals surface area contributed by atoms with Crippen molar-refractivity contribution in [1.82, 2.24) is 19.6 Å². The molecule has 0 fully saturated rings. The van der Waals surface area contributed by atoms with Gasteiger partial charge in [-0.25, -0.2) is 14.5 Å². The smallest absolute Gasteiger partial charge is 0.160 e. The highest BCUT2D eigenvalue weighted by Crippen LogP contribution is 2.49. The average Bonchev–Trinajstić information content (AvgIpc) is 3.80. The van der Waals surface area contributed by atoms with Crippen LogP contribution >= 0.6 is 0 Å². The number of fused-ring (bicyclic) bond motifs is 6. The van der Waals surface area contributed by atoms with Gasteiger partial charge in [-0.3, -0.25) is 0 Å². The topological polar surface area (TPSA) is 43.1 Å². The van der Waals surface area contributed by atoms with Crippen molar-refractivity contribution >= 4 is 16.3 Å². The van der Waals surface area contributed by atoms with Gasteiger partial charge in [0.15, 0.2) is 5.82 Å². The molecule has 7 aromatic carbocycles. The van der Waals surface area contributed by atoms with Crippen molar-refractivity contribution in [3.8, 4) is 78.7 Å². The number of nitrogens with zero attached hydrogens (tertiary/aromatic N) is 4. The molecule has 3 heterocycles. The molecule has 11 rings (SSSR count). The molecule has 0 aliphatic heterocycles. The highest BCUT2D eigenvalue weighted by molar-refractivity contribution is 6.08. The Morgan fingerprint density at radius 3 is 1.74 bits per heavy atom. The molecule has 0 saturated heterocycles. The first kappa shape index (κ1) is 33.9. The van der Waals surface area contributed by atoms with Gasteiger partial charge in [0.2, 0.25) is 0 Å². The molecule has 4 heteroatoms. The van der Waals surface area contributed by atoms with Crippen molar-refractivity contribution < 1.29 is 0 Å². The van der Waals surface area contributed by atoms with Gasteiger partial charge < -0.3 is 0 Å². The van der Waals surface area contributed by atoms with Crippen LogP contribution in [0.1, 0.15) is 25.0 Å². The Morgan fingerprint density at radius 2 is 1.00 bits per heavy atom. The Kier molecular flexibility index (Phi) is 7.80. The van der Waals surface area contributed by atoms with Crippen molar-refractivity contribution in [2.75, 3.05) is 0 Å². The average molecular weight is 743 g/mol. The molecule has 0 unspecified atom stereocenters. The molecule has 1 aliphatic carbocycles. The van der Waals surface area contributed by atoms with E-state index in [1.54, 1.807) is 0 Å². The van der Waals surface area contributed by atoms with Crippen LogP contribution in [0, 0.1) is 0 Å². The van der Waals surface area contributed by atoms with Crippen molar-refractivity contribution in [3.63, 3.8) is 0 Å². The van der Waals surface area contributed by atoms with Gasteiger partial charge in [0.25, 0.3) is 0 Å². The zero-order chi connectivity index (χ0) is 38.8. The summed E-state index contributed by atoms with van der Waals surface area (Å²) in [5.41, 5.74) is 17.5. The standard InChI is InChI=1S/C54H38N4/c1-54(2)45-25-15-14-24-43(45)44-31-30-41(32-46(44)54)48-34-47(35-16-6-3-7-17-35)55-53(56-48)39-28-26-38(27-29-39)51-50(37-20-10-5-11-21-37)52-42-23-13-12-22-40(42)33-49(58(52)57-51)36-18-8-4-9-19-36/h3-34H,1-2H3. The summed E-state index contributed by atoms with van der Waals surface area (Å²) < 4.78 is 2.14. The molecule has 58 heavy (non-hydrogen) atoms. The first-order chi connectivity index (χ1) is 28.5. The van der Waals surface area contributed by atoms with Crippen LogP contribution in [-0.2, 0) is 5.41 Å². The Bertz CT molecular complexity index is 3160. The van der Waals surface area contributed by atoms with Crippen LogP contribution in [0.25, 0.3) is 95.0 Å². The third-order valence-corrected chi connectivity index (χ3v) is 11.8. The maximum absolute atomic E-state index is 5.44. The van der Waals surface area contributed by atoms with Crippen molar-refractivity contribution in [1.29, 1.82) is 0 Å². The van der Waals surface area contributed by atoms with Crippen LogP contribution in [-0.4, -0.2) is 19.6 Å². The fraction of sp³-hybridized carbons (Fsp3) is 0.0556. The fourth-order valence-corrected chi connectivity index (χ4v) is 8.90. The minimum Gasteiger partial charge on any atom is -0.231 e. The predicted octanol–water partition coefficient (Wildman–Crippen LogP) is 13.6. The second-order valence-corrected chi connectivity index (χ2v) is 15.7. The maximum atomic E-state index is 5.44. The monoisotopic (exact) mass is 742 g/mol. The Morgan fingerprint density at radius 1 is 0.431 bits per heavy atom. The number of benzene rings is 7. The predicted molar refractivity (Wildman–Crippen MR) is 238 cm³/mol. The summed E-state index contributed by atoms with van der Waals surface area (Å²) >= 11 is 0. The minimum atomic E-state index is -0.111. The van der Waals surface area contributed by atoms with Crippen LogP contribution in [0.4, 0.5) is 0 Å². The van der Waals surface area contributed by atoms with E-state index in [-0.39, 0.29) is 5.41 Å². The Hall–Kier alpha value is -7.43. The van der Waals surface area contributed by atoms with Gasteiger partial charge in [-0.2, -0.15) is 5.10 Å². The summed E-state index contributed by atoms with van der Waals surface area (Å²) in [5.74, 6) is 0.682. The molecule has 1 aliphatic rings. The highest BCUT2D eigenvalue weighted by atomic mass is 15.2. The molecule has 0 N–H and O–H groups in total. The normalized spacial score (nSPS) is 12.8. The fourth-order valence-electron chi connectivity index (χ4n) is 8.90. The summed E-state index contributed by atoms with van der Waals surface area (Å²) in [6, 6.07) is 68.8. The van der Waals surface area contributed by atoms with Crippen LogP contribution in [0.15, 0.2) is 194 Å². The van der Waals surface area contributed by atoms with E-state index in [2.05, 4.69) is 206 Å². The van der Waals surface area contributed by atoms with Gasteiger partial charge >= 0.3 is 0 Å². The van der Waals surface area contributed by atoms with Crippen LogP contribution < -0.4 is 0 Å². The zero-order valence-electron chi connectivity index (χ0n) is 32.3. The minimum absolute atomic E-state index is 0.111. The van der Waals surface area contributed by atoms with Crippen LogP contribution in [0.2, 0.25) is 0 Å². The third-order valence-electron chi connectivity index (χ3n) is 11.8. The molecule has 4 nitrogen and oxygen atoms in total. The molecule has 0 atom stereocenters. The lowest BCUT2D eigenvalue weighted by atomic mass is 9.82. The number of rotatable bonds is 6. The molecular formula is C54H38N4. The van der Waals surface area contributed by atoms with E-state index < -0.39 is 0 Å². The van der Waals surface area contributed by atoms with E-state index >= 15 is 0 Å². The quantitative estimate of drug-likeness (QED) is 0.170. The number of hydrogen-bond donors (Lipinski definition) is 0. The summed E-state index contributed by atoms with van der Waals surface area (Å²) in [4.78, 5) is 10.5. The van der Waals surface area contributed by atoms with E-state index in [9.17, 15) is 0 Å². The highest BCUT2D eigenvalue weighted by Gasteiger charge is 2.35. The molecule has 0 amide bonds. The Balaban J connectivity index is 1.07. The first-order valence-corrected chi connectivity index (χ1v) is 19.9. The van der Waals surface area contributed by atoms with Gasteiger partial charge in [-0.1, -0.05) is 190 Å². The molecule has 0 bridgehead atoms. The second kappa shape index (κ2) is 13.4. The largest absolute Gasteiger partial charge is 0.231 e. The number of hydrogen-bond acceptors (Lipinski definition) is 3. The van der Waals surface area contributed by atoms with E-state index in [1.807, 2.05) is 6.07 Å². The maximum Gasteiger partial charge on any atom is 0.160 e.